The summed E-state index contributed by atoms with van der Waals surface area (Å²) in [5.74, 6) is 0.469. The molecule has 1 aliphatic carbocycles. The summed E-state index contributed by atoms with van der Waals surface area (Å²) in [6.07, 6.45) is 1.21. The summed E-state index contributed by atoms with van der Waals surface area (Å²) in [7, 11) is 0. The van der Waals surface area contributed by atoms with Crippen molar-refractivity contribution in [3.05, 3.63) is 53.1 Å². The van der Waals surface area contributed by atoms with E-state index in [1.165, 1.54) is 0 Å². The molecule has 136 valence electrons. The highest BCUT2D eigenvalue weighted by Crippen LogP contribution is 2.30. The lowest BCUT2D eigenvalue weighted by atomic mass is 10.2. The lowest BCUT2D eigenvalue weighted by Crippen LogP contribution is -2.30. The molecular weight excluding hydrogens is 352 g/mol. The molecule has 1 fully saturated rings. The Morgan fingerprint density at radius 2 is 1.81 bits per heavy atom. The summed E-state index contributed by atoms with van der Waals surface area (Å²) in [6.45, 7) is 3.55. The SMILES string of the molecule is Cc1cc(OC(C)C(=O)Nc2cccc(NC(=O)C3CC3)c2)ccc1Cl. The molecule has 2 N–H and O–H groups in total. The maximum atomic E-state index is 12.4. The second-order valence-electron chi connectivity index (χ2n) is 6.50. The Balaban J connectivity index is 1.59. The molecule has 2 amide bonds. The van der Waals surface area contributed by atoms with Gasteiger partial charge in [0.2, 0.25) is 5.91 Å². The van der Waals surface area contributed by atoms with Gasteiger partial charge in [0, 0.05) is 22.3 Å². The molecule has 6 heteroatoms. The van der Waals surface area contributed by atoms with Crippen molar-refractivity contribution in [2.24, 2.45) is 5.92 Å². The van der Waals surface area contributed by atoms with Crippen molar-refractivity contribution in [1.82, 2.24) is 0 Å². The van der Waals surface area contributed by atoms with Gasteiger partial charge in [-0.05, 0) is 68.7 Å². The largest absolute Gasteiger partial charge is 0.481 e. The summed E-state index contributed by atoms with van der Waals surface area (Å²) in [4.78, 5) is 24.2. The second-order valence-corrected chi connectivity index (χ2v) is 6.91. The third-order valence-electron chi connectivity index (χ3n) is 4.16. The molecule has 2 aromatic carbocycles. The number of carbonyl (C=O) groups excluding carboxylic acids is 2. The van der Waals surface area contributed by atoms with Crippen LogP contribution < -0.4 is 15.4 Å². The minimum absolute atomic E-state index is 0.0308. The van der Waals surface area contributed by atoms with E-state index in [1.54, 1.807) is 49.4 Å². The third-order valence-corrected chi connectivity index (χ3v) is 4.58. The molecule has 1 aliphatic rings. The topological polar surface area (TPSA) is 67.4 Å². The Labute approximate surface area is 157 Å². The summed E-state index contributed by atoms with van der Waals surface area (Å²) in [5, 5.41) is 6.32. The summed E-state index contributed by atoms with van der Waals surface area (Å²) >= 11 is 6.00. The number of anilines is 2. The first-order valence-electron chi connectivity index (χ1n) is 8.57. The monoisotopic (exact) mass is 372 g/mol. The van der Waals surface area contributed by atoms with Crippen molar-refractivity contribution in [3.63, 3.8) is 0 Å². The number of hydrogen-bond donors (Lipinski definition) is 2. The molecule has 0 bridgehead atoms. The van der Waals surface area contributed by atoms with E-state index >= 15 is 0 Å². The Hall–Kier alpha value is -2.53. The van der Waals surface area contributed by atoms with Gasteiger partial charge in [-0.1, -0.05) is 17.7 Å². The van der Waals surface area contributed by atoms with Gasteiger partial charge in [0.1, 0.15) is 5.75 Å². The van der Waals surface area contributed by atoms with E-state index in [1.807, 2.05) is 6.92 Å². The zero-order valence-corrected chi connectivity index (χ0v) is 15.5. The average Bonchev–Trinajstić information content (AvgIpc) is 3.43. The van der Waals surface area contributed by atoms with Crippen LogP contribution in [0, 0.1) is 12.8 Å². The van der Waals surface area contributed by atoms with E-state index in [4.69, 9.17) is 16.3 Å². The van der Waals surface area contributed by atoms with E-state index in [0.29, 0.717) is 22.1 Å². The van der Waals surface area contributed by atoms with Gasteiger partial charge in [-0.25, -0.2) is 0 Å². The van der Waals surface area contributed by atoms with Crippen LogP contribution in [0.2, 0.25) is 5.02 Å². The highest BCUT2D eigenvalue weighted by molar-refractivity contribution is 6.31. The van der Waals surface area contributed by atoms with Crippen molar-refractivity contribution in [3.8, 4) is 5.75 Å². The van der Waals surface area contributed by atoms with Crippen molar-refractivity contribution in [2.75, 3.05) is 10.6 Å². The predicted molar refractivity (Wildman–Crippen MR) is 103 cm³/mol. The molecule has 0 saturated heterocycles. The smallest absolute Gasteiger partial charge is 0.265 e. The van der Waals surface area contributed by atoms with Gasteiger partial charge in [0.05, 0.1) is 0 Å². The van der Waals surface area contributed by atoms with Crippen LogP contribution in [-0.2, 0) is 9.59 Å². The number of hydrogen-bond acceptors (Lipinski definition) is 3. The van der Waals surface area contributed by atoms with Crippen molar-refractivity contribution in [1.29, 1.82) is 0 Å². The number of ether oxygens (including phenoxy) is 1. The van der Waals surface area contributed by atoms with Gasteiger partial charge in [-0.15, -0.1) is 0 Å². The van der Waals surface area contributed by atoms with Crippen LogP contribution in [-0.4, -0.2) is 17.9 Å². The molecule has 2 aromatic rings. The van der Waals surface area contributed by atoms with E-state index < -0.39 is 6.10 Å². The molecule has 1 unspecified atom stereocenters. The normalized spacial score (nSPS) is 14.4. The Morgan fingerprint density at radius 3 is 2.46 bits per heavy atom. The maximum Gasteiger partial charge on any atom is 0.265 e. The predicted octanol–water partition coefficient (Wildman–Crippen LogP) is 4.40. The highest BCUT2D eigenvalue weighted by atomic mass is 35.5. The van der Waals surface area contributed by atoms with Crippen LogP contribution in [0.3, 0.4) is 0 Å². The molecule has 0 radical (unpaired) electrons. The van der Waals surface area contributed by atoms with Gasteiger partial charge in [-0.3, -0.25) is 9.59 Å². The van der Waals surface area contributed by atoms with Crippen LogP contribution in [0.25, 0.3) is 0 Å². The van der Waals surface area contributed by atoms with Crippen LogP contribution in [0.15, 0.2) is 42.5 Å². The van der Waals surface area contributed by atoms with E-state index in [0.717, 1.165) is 18.4 Å². The minimum Gasteiger partial charge on any atom is -0.481 e. The van der Waals surface area contributed by atoms with Crippen LogP contribution in [0.4, 0.5) is 11.4 Å². The minimum atomic E-state index is -0.680. The molecule has 0 aliphatic heterocycles. The molecule has 3 rings (SSSR count). The second kappa shape index (κ2) is 7.79. The number of halogens is 1. The molecular formula is C20H21ClN2O3. The van der Waals surface area contributed by atoms with Gasteiger partial charge in [-0.2, -0.15) is 0 Å². The molecule has 0 aromatic heterocycles. The Kier molecular flexibility index (Phi) is 5.47. The van der Waals surface area contributed by atoms with Gasteiger partial charge < -0.3 is 15.4 Å². The van der Waals surface area contributed by atoms with Crippen molar-refractivity contribution in [2.45, 2.75) is 32.8 Å². The number of nitrogens with one attached hydrogen (secondary N) is 2. The fourth-order valence-electron chi connectivity index (χ4n) is 2.46. The van der Waals surface area contributed by atoms with Crippen LogP contribution in [0.5, 0.6) is 5.75 Å². The van der Waals surface area contributed by atoms with Crippen LogP contribution >= 0.6 is 11.6 Å². The standard InChI is InChI=1S/C20H21ClN2O3/c1-12-10-17(8-9-18(12)21)26-13(2)19(24)22-15-4-3-5-16(11-15)23-20(25)14-6-7-14/h3-5,8-11,13-14H,6-7H2,1-2H3,(H,22,24)(H,23,25). The van der Waals surface area contributed by atoms with Crippen molar-refractivity contribution >= 4 is 34.8 Å². The first-order chi connectivity index (χ1) is 12.4. The first kappa shape index (κ1) is 18.3. The molecule has 26 heavy (non-hydrogen) atoms. The number of benzene rings is 2. The zero-order valence-electron chi connectivity index (χ0n) is 14.7. The Bertz CT molecular complexity index is 834. The van der Waals surface area contributed by atoms with E-state index in [-0.39, 0.29) is 17.7 Å². The fourth-order valence-corrected chi connectivity index (χ4v) is 2.57. The van der Waals surface area contributed by atoms with E-state index in [9.17, 15) is 9.59 Å². The lowest BCUT2D eigenvalue weighted by molar-refractivity contribution is -0.122. The lowest BCUT2D eigenvalue weighted by Gasteiger charge is -2.16. The summed E-state index contributed by atoms with van der Waals surface area (Å²) in [5.41, 5.74) is 2.16. The van der Waals surface area contributed by atoms with E-state index in [2.05, 4.69) is 10.6 Å². The third kappa shape index (κ3) is 4.76. The summed E-state index contributed by atoms with van der Waals surface area (Å²) < 4.78 is 5.68. The highest BCUT2D eigenvalue weighted by Gasteiger charge is 2.29. The van der Waals surface area contributed by atoms with Gasteiger partial charge in [0.15, 0.2) is 6.10 Å². The molecule has 1 atom stereocenters. The maximum absolute atomic E-state index is 12.4. The number of carbonyl (C=O) groups is 2. The quantitative estimate of drug-likeness (QED) is 0.789. The van der Waals surface area contributed by atoms with Crippen LogP contribution in [0.1, 0.15) is 25.3 Å². The fraction of sp³-hybridized carbons (Fsp3) is 0.300. The average molecular weight is 373 g/mol. The molecule has 1 saturated carbocycles. The van der Waals surface area contributed by atoms with Crippen molar-refractivity contribution < 1.29 is 14.3 Å². The molecule has 0 heterocycles. The number of aryl methyl sites for hydroxylation is 1. The number of amides is 2. The van der Waals surface area contributed by atoms with Gasteiger partial charge >= 0.3 is 0 Å². The zero-order chi connectivity index (χ0) is 18.7. The summed E-state index contributed by atoms with van der Waals surface area (Å²) in [6, 6.07) is 12.3. The first-order valence-corrected chi connectivity index (χ1v) is 8.95. The molecule has 5 nitrogen and oxygen atoms in total. The molecule has 0 spiro atoms. The Morgan fingerprint density at radius 1 is 1.12 bits per heavy atom. The van der Waals surface area contributed by atoms with Gasteiger partial charge in [0.25, 0.3) is 5.91 Å². The number of rotatable bonds is 6.